The van der Waals surface area contributed by atoms with Gasteiger partial charge in [0, 0.05) is 25.4 Å². The quantitative estimate of drug-likeness (QED) is 0.721. The van der Waals surface area contributed by atoms with Crippen molar-refractivity contribution in [1.29, 1.82) is 0 Å². The first-order chi connectivity index (χ1) is 12.8. The number of amides is 2. The lowest BCUT2D eigenvalue weighted by atomic mass is 10.2. The number of aromatic nitrogens is 3. The van der Waals surface area contributed by atoms with Gasteiger partial charge in [-0.25, -0.2) is 14.4 Å². The van der Waals surface area contributed by atoms with E-state index in [1.54, 1.807) is 12.4 Å². The second kappa shape index (κ2) is 7.53. The molecule has 27 heavy (non-hydrogen) atoms. The minimum atomic E-state index is -0.635. The highest BCUT2D eigenvalue weighted by atomic mass is 19.1. The van der Waals surface area contributed by atoms with E-state index in [9.17, 15) is 14.0 Å². The van der Waals surface area contributed by atoms with Crippen molar-refractivity contribution in [2.45, 2.75) is 27.3 Å². The molecule has 2 aromatic heterocycles. The van der Waals surface area contributed by atoms with Gasteiger partial charge in [-0.05, 0) is 30.2 Å². The molecule has 0 saturated heterocycles. The molecule has 0 bridgehead atoms. The Balaban J connectivity index is 1.78. The second-order valence-electron chi connectivity index (χ2n) is 6.69. The first-order valence-electron chi connectivity index (χ1n) is 8.53. The minimum absolute atomic E-state index is 0.0549. The van der Waals surface area contributed by atoms with Crippen LogP contribution in [0, 0.1) is 11.7 Å². The molecule has 2 amide bonds. The lowest BCUT2D eigenvalue weighted by Crippen LogP contribution is -2.13. The van der Waals surface area contributed by atoms with Gasteiger partial charge in [0.25, 0.3) is 5.91 Å². The number of carbonyl (C=O) groups excluding carboxylic acids is 2. The number of benzene rings is 1. The molecule has 0 saturated carbocycles. The van der Waals surface area contributed by atoms with Crippen molar-refractivity contribution in [3.05, 3.63) is 48.2 Å². The molecule has 8 heteroatoms. The third-order valence-corrected chi connectivity index (χ3v) is 3.82. The predicted molar refractivity (Wildman–Crippen MR) is 101 cm³/mol. The molecular weight excluding hydrogens is 349 g/mol. The van der Waals surface area contributed by atoms with E-state index in [1.165, 1.54) is 25.3 Å². The molecule has 0 atom stereocenters. The molecule has 1 aromatic carbocycles. The van der Waals surface area contributed by atoms with Crippen molar-refractivity contribution >= 4 is 34.4 Å². The van der Waals surface area contributed by atoms with Gasteiger partial charge in [-0.3, -0.25) is 9.59 Å². The van der Waals surface area contributed by atoms with E-state index in [4.69, 9.17) is 0 Å². The lowest BCUT2D eigenvalue weighted by molar-refractivity contribution is -0.114. The van der Waals surface area contributed by atoms with Crippen LogP contribution >= 0.6 is 0 Å². The van der Waals surface area contributed by atoms with Crippen LogP contribution in [0.2, 0.25) is 0 Å². The standard InChI is InChI=1S/C19H20FN5O2/c1-11(2)9-25-10-22-17-6-13(8-21-18(17)25)19(27)24-14-4-5-16(15(20)7-14)23-12(3)26/h4-8,10-11H,9H2,1-3H3,(H,23,26)(H,24,27). The van der Waals surface area contributed by atoms with Crippen molar-refractivity contribution in [1.82, 2.24) is 14.5 Å². The van der Waals surface area contributed by atoms with Gasteiger partial charge in [0.05, 0.1) is 17.6 Å². The van der Waals surface area contributed by atoms with Gasteiger partial charge in [-0.1, -0.05) is 13.8 Å². The van der Waals surface area contributed by atoms with Crippen LogP contribution in [0.3, 0.4) is 0 Å². The van der Waals surface area contributed by atoms with Crippen LogP contribution in [0.25, 0.3) is 11.2 Å². The summed E-state index contributed by atoms with van der Waals surface area (Å²) in [5.74, 6) is -0.983. The van der Waals surface area contributed by atoms with E-state index in [0.29, 0.717) is 22.6 Å². The summed E-state index contributed by atoms with van der Waals surface area (Å²) in [7, 11) is 0. The van der Waals surface area contributed by atoms with E-state index in [-0.39, 0.29) is 17.3 Å². The summed E-state index contributed by atoms with van der Waals surface area (Å²) in [6.45, 7) is 6.28. The van der Waals surface area contributed by atoms with E-state index < -0.39 is 11.7 Å². The summed E-state index contributed by atoms with van der Waals surface area (Å²) < 4.78 is 15.9. The van der Waals surface area contributed by atoms with Crippen molar-refractivity contribution in [3.8, 4) is 0 Å². The normalized spacial score (nSPS) is 11.0. The first kappa shape index (κ1) is 18.5. The number of halogens is 1. The number of imidazole rings is 1. The SMILES string of the molecule is CC(=O)Nc1ccc(NC(=O)c2cnc3c(c2)ncn3CC(C)C)cc1F. The van der Waals surface area contributed by atoms with E-state index >= 15 is 0 Å². The maximum absolute atomic E-state index is 14.0. The Morgan fingerprint density at radius 2 is 1.96 bits per heavy atom. The fourth-order valence-electron chi connectivity index (χ4n) is 2.69. The summed E-state index contributed by atoms with van der Waals surface area (Å²) in [6.07, 6.45) is 3.17. The molecule has 0 aliphatic rings. The zero-order chi connectivity index (χ0) is 19.6. The van der Waals surface area contributed by atoms with Crippen LogP contribution in [0.1, 0.15) is 31.1 Å². The molecule has 0 aliphatic heterocycles. The van der Waals surface area contributed by atoms with Crippen LogP contribution in [0.4, 0.5) is 15.8 Å². The lowest BCUT2D eigenvalue weighted by Gasteiger charge is -2.09. The Bertz CT molecular complexity index is 1010. The van der Waals surface area contributed by atoms with E-state index in [2.05, 4.69) is 34.4 Å². The minimum Gasteiger partial charge on any atom is -0.324 e. The molecular formula is C19H20FN5O2. The van der Waals surface area contributed by atoms with Crippen molar-refractivity contribution in [2.24, 2.45) is 5.92 Å². The van der Waals surface area contributed by atoms with Gasteiger partial charge in [0.1, 0.15) is 11.3 Å². The third-order valence-electron chi connectivity index (χ3n) is 3.82. The molecule has 3 rings (SSSR count). The first-order valence-corrected chi connectivity index (χ1v) is 8.53. The highest BCUT2D eigenvalue weighted by Gasteiger charge is 2.13. The number of anilines is 2. The molecule has 0 aliphatic carbocycles. The summed E-state index contributed by atoms with van der Waals surface area (Å²) in [6, 6.07) is 5.69. The number of rotatable bonds is 5. The van der Waals surface area contributed by atoms with Gasteiger partial charge in [-0.2, -0.15) is 0 Å². The Labute approximate surface area is 155 Å². The monoisotopic (exact) mass is 369 g/mol. The Hall–Kier alpha value is -3.29. The smallest absolute Gasteiger partial charge is 0.257 e. The van der Waals surface area contributed by atoms with E-state index in [0.717, 1.165) is 12.6 Å². The molecule has 0 radical (unpaired) electrons. The maximum atomic E-state index is 14.0. The molecule has 3 aromatic rings. The van der Waals surface area contributed by atoms with Gasteiger partial charge in [0.15, 0.2) is 5.65 Å². The second-order valence-corrected chi connectivity index (χ2v) is 6.69. The number of nitrogens with zero attached hydrogens (tertiary/aromatic N) is 3. The third kappa shape index (κ3) is 4.28. The van der Waals surface area contributed by atoms with Crippen LogP contribution in [-0.2, 0) is 11.3 Å². The summed E-state index contributed by atoms with van der Waals surface area (Å²) in [5, 5.41) is 4.99. The van der Waals surface area contributed by atoms with Crippen LogP contribution in [-0.4, -0.2) is 26.3 Å². The number of carbonyl (C=O) groups is 2. The van der Waals surface area contributed by atoms with Crippen LogP contribution in [0.5, 0.6) is 0 Å². The fourth-order valence-corrected chi connectivity index (χ4v) is 2.69. The zero-order valence-electron chi connectivity index (χ0n) is 15.3. The van der Waals surface area contributed by atoms with Crippen LogP contribution in [0.15, 0.2) is 36.8 Å². The summed E-state index contributed by atoms with van der Waals surface area (Å²) in [4.78, 5) is 32.1. The number of pyridine rings is 1. The Kier molecular flexibility index (Phi) is 5.16. The summed E-state index contributed by atoms with van der Waals surface area (Å²) in [5.41, 5.74) is 1.99. The largest absolute Gasteiger partial charge is 0.324 e. The highest BCUT2D eigenvalue weighted by molar-refractivity contribution is 6.05. The average Bonchev–Trinajstić information content (AvgIpc) is 2.98. The van der Waals surface area contributed by atoms with Crippen molar-refractivity contribution < 1.29 is 14.0 Å². The maximum Gasteiger partial charge on any atom is 0.257 e. The molecule has 0 fully saturated rings. The number of hydrogen-bond acceptors (Lipinski definition) is 4. The Morgan fingerprint density at radius 1 is 1.19 bits per heavy atom. The van der Waals surface area contributed by atoms with Crippen LogP contribution < -0.4 is 10.6 Å². The molecule has 0 unspecified atom stereocenters. The van der Waals surface area contributed by atoms with Gasteiger partial charge >= 0.3 is 0 Å². The Morgan fingerprint density at radius 3 is 2.63 bits per heavy atom. The zero-order valence-corrected chi connectivity index (χ0v) is 15.3. The molecule has 0 spiro atoms. The fraction of sp³-hybridized carbons (Fsp3) is 0.263. The van der Waals surface area contributed by atoms with Gasteiger partial charge in [0.2, 0.25) is 5.91 Å². The number of fused-ring (bicyclic) bond motifs is 1. The molecule has 140 valence electrons. The molecule has 2 N–H and O–H groups in total. The molecule has 2 heterocycles. The van der Waals surface area contributed by atoms with Crippen molar-refractivity contribution in [2.75, 3.05) is 10.6 Å². The highest BCUT2D eigenvalue weighted by Crippen LogP contribution is 2.20. The van der Waals surface area contributed by atoms with Gasteiger partial charge in [-0.15, -0.1) is 0 Å². The predicted octanol–water partition coefficient (Wildman–Crippen LogP) is 3.44. The number of hydrogen-bond donors (Lipinski definition) is 2. The van der Waals surface area contributed by atoms with Crippen molar-refractivity contribution in [3.63, 3.8) is 0 Å². The number of nitrogens with one attached hydrogen (secondary N) is 2. The topological polar surface area (TPSA) is 88.9 Å². The van der Waals surface area contributed by atoms with Gasteiger partial charge < -0.3 is 15.2 Å². The van der Waals surface area contributed by atoms with E-state index in [1.807, 2.05) is 4.57 Å². The molecule has 7 nitrogen and oxygen atoms in total. The summed E-state index contributed by atoms with van der Waals surface area (Å²) >= 11 is 0. The average molecular weight is 369 g/mol.